The van der Waals surface area contributed by atoms with Crippen LogP contribution in [0, 0.1) is 0 Å². The number of pyridine rings is 1. The average Bonchev–Trinajstić information content (AvgIpc) is 2.71. The van der Waals surface area contributed by atoms with Gasteiger partial charge >= 0.3 is 5.97 Å². The van der Waals surface area contributed by atoms with Gasteiger partial charge in [-0.15, -0.1) is 0 Å². The van der Waals surface area contributed by atoms with Crippen molar-refractivity contribution in [1.29, 1.82) is 0 Å². The first-order chi connectivity index (χ1) is 13.9. The lowest BCUT2D eigenvalue weighted by Crippen LogP contribution is -2.37. The number of rotatable bonds is 10. The molecule has 0 aliphatic carbocycles. The molecule has 2 atom stereocenters. The fourth-order valence-electron chi connectivity index (χ4n) is 2.66. The largest absolute Gasteiger partial charge is 0.463 e. The lowest BCUT2D eigenvalue weighted by atomic mass is 10.1. The van der Waals surface area contributed by atoms with Gasteiger partial charge in [-0.3, -0.25) is 14.6 Å². The maximum absolute atomic E-state index is 12.1. The van der Waals surface area contributed by atoms with E-state index in [9.17, 15) is 14.7 Å². The van der Waals surface area contributed by atoms with Gasteiger partial charge in [0.15, 0.2) is 0 Å². The summed E-state index contributed by atoms with van der Waals surface area (Å²) >= 11 is 5.90. The van der Waals surface area contributed by atoms with Crippen LogP contribution in [0.25, 0.3) is 0 Å². The quantitative estimate of drug-likeness (QED) is 0.512. The molecule has 1 aromatic carbocycles. The van der Waals surface area contributed by atoms with Crippen LogP contribution in [0.15, 0.2) is 42.6 Å². The first kappa shape index (κ1) is 22.6. The molecule has 0 saturated heterocycles. The summed E-state index contributed by atoms with van der Waals surface area (Å²) < 4.78 is 5.15. The number of nitrogens with one attached hydrogen (secondary N) is 2. The van der Waals surface area contributed by atoms with Crippen molar-refractivity contribution < 1.29 is 19.4 Å². The Morgan fingerprint density at radius 1 is 1.21 bits per heavy atom. The summed E-state index contributed by atoms with van der Waals surface area (Å²) in [5.41, 5.74) is 2.33. The molecule has 156 valence electrons. The number of nitrogens with zero attached hydrogens (tertiary/aromatic N) is 1. The number of halogens is 1. The number of hydrogen-bond acceptors (Lipinski definition) is 6. The maximum atomic E-state index is 12.1. The van der Waals surface area contributed by atoms with Crippen molar-refractivity contribution in [3.05, 3.63) is 58.9 Å². The molecular formula is C21H26ClN3O4. The molecule has 2 aromatic rings. The lowest BCUT2D eigenvalue weighted by molar-refractivity contribution is -0.141. The smallest absolute Gasteiger partial charge is 0.302 e. The Bertz CT molecular complexity index is 793. The molecule has 0 aliphatic heterocycles. The summed E-state index contributed by atoms with van der Waals surface area (Å²) in [6.45, 7) is 3.30. The van der Waals surface area contributed by atoms with E-state index in [1.165, 1.54) is 13.1 Å². The standard InChI is InChI=1S/C21H26ClN3O4/c1-3-17(12-26)25-21(28)10-15-4-7-18(8-5-15)24-20(13-29-14(2)27)19-9-6-16(22)11-23-19/h4-9,11,17,20,24,26H,3,10,12-13H2,1-2H3,(H,25,28)/t17-,20-/m0/s1. The molecule has 1 aromatic heterocycles. The third kappa shape index (κ3) is 7.71. The molecule has 0 saturated carbocycles. The lowest BCUT2D eigenvalue weighted by Gasteiger charge is -2.19. The van der Waals surface area contributed by atoms with Crippen LogP contribution in [-0.2, 0) is 20.7 Å². The van der Waals surface area contributed by atoms with Gasteiger partial charge in [-0.25, -0.2) is 0 Å². The van der Waals surface area contributed by atoms with Crippen LogP contribution in [0.5, 0.6) is 0 Å². The van der Waals surface area contributed by atoms with Gasteiger partial charge in [0.1, 0.15) is 12.6 Å². The van der Waals surface area contributed by atoms with Crippen LogP contribution in [-0.4, -0.2) is 41.2 Å². The number of hydrogen-bond donors (Lipinski definition) is 3. The summed E-state index contributed by atoms with van der Waals surface area (Å²) in [6.07, 6.45) is 2.44. The average molecular weight is 420 g/mol. The number of ether oxygens (including phenoxy) is 1. The van der Waals surface area contributed by atoms with Gasteiger partial charge < -0.3 is 20.5 Å². The Labute approximate surface area is 175 Å². The molecule has 2 rings (SSSR count). The number of amides is 1. The van der Waals surface area contributed by atoms with Crippen molar-refractivity contribution >= 4 is 29.2 Å². The van der Waals surface area contributed by atoms with E-state index >= 15 is 0 Å². The number of aliphatic hydroxyl groups is 1. The highest BCUT2D eigenvalue weighted by Crippen LogP contribution is 2.20. The third-order valence-electron chi connectivity index (χ3n) is 4.30. The Morgan fingerprint density at radius 3 is 2.48 bits per heavy atom. The SMILES string of the molecule is CC[C@@H](CO)NC(=O)Cc1ccc(N[C@@H](COC(C)=O)c2ccc(Cl)cn2)cc1. The minimum Gasteiger partial charge on any atom is -0.463 e. The van der Waals surface area contributed by atoms with Gasteiger partial charge in [-0.1, -0.05) is 30.7 Å². The second-order valence-corrected chi connectivity index (χ2v) is 7.07. The van der Waals surface area contributed by atoms with Crippen molar-refractivity contribution in [2.75, 3.05) is 18.5 Å². The molecule has 1 heterocycles. The van der Waals surface area contributed by atoms with Crippen molar-refractivity contribution in [2.45, 2.75) is 38.8 Å². The molecule has 0 spiro atoms. The molecule has 1 amide bonds. The van der Waals surface area contributed by atoms with Crippen molar-refractivity contribution in [2.24, 2.45) is 0 Å². The molecule has 0 bridgehead atoms. The number of aromatic nitrogens is 1. The summed E-state index contributed by atoms with van der Waals surface area (Å²) in [7, 11) is 0. The van der Waals surface area contributed by atoms with Gasteiger partial charge in [0.2, 0.25) is 5.91 Å². The molecule has 0 unspecified atom stereocenters. The molecule has 0 aliphatic rings. The van der Waals surface area contributed by atoms with E-state index in [0.717, 1.165) is 11.3 Å². The van der Waals surface area contributed by atoms with Gasteiger partial charge in [0.05, 0.1) is 29.8 Å². The zero-order valence-electron chi connectivity index (χ0n) is 16.5. The Hall–Kier alpha value is -2.64. The van der Waals surface area contributed by atoms with Crippen LogP contribution in [0.1, 0.15) is 37.6 Å². The maximum Gasteiger partial charge on any atom is 0.302 e. The molecule has 7 nitrogen and oxygen atoms in total. The van der Waals surface area contributed by atoms with Crippen LogP contribution < -0.4 is 10.6 Å². The van der Waals surface area contributed by atoms with E-state index < -0.39 is 0 Å². The number of carbonyl (C=O) groups is 2. The minimum absolute atomic E-state index is 0.0758. The number of anilines is 1. The van der Waals surface area contributed by atoms with E-state index in [2.05, 4.69) is 15.6 Å². The van der Waals surface area contributed by atoms with Gasteiger partial charge in [-0.05, 0) is 36.2 Å². The number of carbonyl (C=O) groups excluding carboxylic acids is 2. The predicted molar refractivity (Wildman–Crippen MR) is 112 cm³/mol. The van der Waals surface area contributed by atoms with Crippen LogP contribution in [0.3, 0.4) is 0 Å². The normalized spacial score (nSPS) is 12.7. The number of benzene rings is 1. The minimum atomic E-state index is -0.375. The molecule has 0 radical (unpaired) electrons. The van der Waals surface area contributed by atoms with Gasteiger partial charge in [-0.2, -0.15) is 0 Å². The fourth-order valence-corrected chi connectivity index (χ4v) is 2.77. The van der Waals surface area contributed by atoms with Crippen molar-refractivity contribution in [1.82, 2.24) is 10.3 Å². The second-order valence-electron chi connectivity index (χ2n) is 6.63. The molecule has 8 heteroatoms. The van der Waals surface area contributed by atoms with Crippen molar-refractivity contribution in [3.63, 3.8) is 0 Å². The Kier molecular flexibility index (Phi) is 8.89. The molecule has 3 N–H and O–H groups in total. The Morgan fingerprint density at radius 2 is 1.93 bits per heavy atom. The summed E-state index contributed by atoms with van der Waals surface area (Å²) in [6, 6.07) is 10.3. The van der Waals surface area contributed by atoms with Gasteiger partial charge in [0.25, 0.3) is 0 Å². The number of aliphatic hydroxyl groups excluding tert-OH is 1. The van der Waals surface area contributed by atoms with Crippen molar-refractivity contribution in [3.8, 4) is 0 Å². The fraction of sp³-hybridized carbons (Fsp3) is 0.381. The van der Waals surface area contributed by atoms with Crippen LogP contribution >= 0.6 is 11.6 Å². The van der Waals surface area contributed by atoms with Crippen LogP contribution in [0.2, 0.25) is 5.02 Å². The monoisotopic (exact) mass is 419 g/mol. The van der Waals surface area contributed by atoms with E-state index in [1.54, 1.807) is 12.1 Å². The van der Waals surface area contributed by atoms with E-state index in [0.29, 0.717) is 17.1 Å². The molecular weight excluding hydrogens is 394 g/mol. The predicted octanol–water partition coefficient (Wildman–Crippen LogP) is 2.88. The highest BCUT2D eigenvalue weighted by atomic mass is 35.5. The van der Waals surface area contributed by atoms with E-state index in [1.807, 2.05) is 31.2 Å². The van der Waals surface area contributed by atoms with E-state index in [4.69, 9.17) is 16.3 Å². The molecule has 0 fully saturated rings. The molecule has 29 heavy (non-hydrogen) atoms. The number of esters is 1. The Balaban J connectivity index is 2.03. The summed E-state index contributed by atoms with van der Waals surface area (Å²) in [5, 5.41) is 15.8. The third-order valence-corrected chi connectivity index (χ3v) is 4.52. The van der Waals surface area contributed by atoms with Gasteiger partial charge in [0, 0.05) is 18.8 Å². The first-order valence-corrected chi connectivity index (χ1v) is 9.79. The summed E-state index contributed by atoms with van der Waals surface area (Å²) in [4.78, 5) is 27.6. The van der Waals surface area contributed by atoms with Crippen LogP contribution in [0.4, 0.5) is 5.69 Å². The topological polar surface area (TPSA) is 101 Å². The highest BCUT2D eigenvalue weighted by molar-refractivity contribution is 6.30. The summed E-state index contributed by atoms with van der Waals surface area (Å²) in [5.74, 6) is -0.509. The zero-order valence-corrected chi connectivity index (χ0v) is 17.3. The second kappa shape index (κ2) is 11.4. The zero-order chi connectivity index (χ0) is 21.2. The highest BCUT2D eigenvalue weighted by Gasteiger charge is 2.15. The first-order valence-electron chi connectivity index (χ1n) is 9.41. The van der Waals surface area contributed by atoms with E-state index in [-0.39, 0.29) is 43.6 Å².